The molecule has 0 bridgehead atoms. The third-order valence-corrected chi connectivity index (χ3v) is 2.55. The Morgan fingerprint density at radius 1 is 1.35 bits per heavy atom. The second-order valence-electron chi connectivity index (χ2n) is 4.04. The summed E-state index contributed by atoms with van der Waals surface area (Å²) in [5.74, 6) is -0.128. The third kappa shape index (κ3) is 4.56. The Labute approximate surface area is 117 Å². The first-order chi connectivity index (χ1) is 9.58. The van der Waals surface area contributed by atoms with Gasteiger partial charge in [0.25, 0.3) is 5.69 Å². The van der Waals surface area contributed by atoms with Crippen molar-refractivity contribution in [2.45, 2.75) is 0 Å². The molecule has 106 valence electrons. The maximum atomic E-state index is 11.9. The fraction of sp³-hybridized carbons (Fsp3) is 0.214. The van der Waals surface area contributed by atoms with Gasteiger partial charge >= 0.3 is 0 Å². The number of anilines is 1. The molecule has 0 aromatic heterocycles. The van der Waals surface area contributed by atoms with Crippen molar-refractivity contribution in [1.29, 1.82) is 0 Å². The topological polar surface area (TPSA) is 75.5 Å². The van der Waals surface area contributed by atoms with Gasteiger partial charge in [0, 0.05) is 30.9 Å². The average molecular weight is 275 g/mol. The van der Waals surface area contributed by atoms with Gasteiger partial charge in [0.1, 0.15) is 0 Å². The van der Waals surface area contributed by atoms with Gasteiger partial charge in [0.2, 0.25) is 5.91 Å². The molecule has 0 heterocycles. The van der Waals surface area contributed by atoms with E-state index in [0.717, 1.165) is 0 Å². The summed E-state index contributed by atoms with van der Waals surface area (Å²) in [6.45, 7) is 8.10. The van der Waals surface area contributed by atoms with Crippen LogP contribution in [0.5, 0.6) is 0 Å². The van der Waals surface area contributed by atoms with E-state index in [0.29, 0.717) is 18.8 Å². The van der Waals surface area contributed by atoms with Crippen LogP contribution in [-0.2, 0) is 4.79 Å². The summed E-state index contributed by atoms with van der Waals surface area (Å²) in [4.78, 5) is 23.7. The van der Waals surface area contributed by atoms with Gasteiger partial charge in [0.05, 0.1) is 11.5 Å². The number of hydrogen-bond acceptors (Lipinski definition) is 4. The van der Waals surface area contributed by atoms with Crippen LogP contribution in [0.2, 0.25) is 0 Å². The highest BCUT2D eigenvalue weighted by Crippen LogP contribution is 2.16. The molecule has 0 aliphatic carbocycles. The normalized spacial score (nSPS) is 9.60. The molecule has 1 rings (SSSR count). The van der Waals surface area contributed by atoms with Crippen LogP contribution in [-0.4, -0.2) is 35.4 Å². The first-order valence-corrected chi connectivity index (χ1v) is 6.06. The summed E-state index contributed by atoms with van der Waals surface area (Å²) < 4.78 is 0. The molecule has 0 spiro atoms. The molecule has 0 unspecified atom stereocenters. The summed E-state index contributed by atoms with van der Waals surface area (Å²) in [7, 11) is 0. The van der Waals surface area contributed by atoms with Gasteiger partial charge in [-0.2, -0.15) is 0 Å². The van der Waals surface area contributed by atoms with Gasteiger partial charge in [-0.25, -0.2) is 0 Å². The lowest BCUT2D eigenvalue weighted by Crippen LogP contribution is -2.35. The van der Waals surface area contributed by atoms with E-state index in [2.05, 4.69) is 18.5 Å². The van der Waals surface area contributed by atoms with E-state index in [1.54, 1.807) is 29.2 Å². The molecule has 1 aromatic carbocycles. The molecular formula is C14H17N3O3. The SMILES string of the molecule is C=CCN(CC=C)C(=O)CNc1cccc([N+](=O)[O-])c1. The minimum atomic E-state index is -0.477. The summed E-state index contributed by atoms with van der Waals surface area (Å²) in [6.07, 6.45) is 3.27. The molecular weight excluding hydrogens is 258 g/mol. The van der Waals surface area contributed by atoms with Crippen LogP contribution >= 0.6 is 0 Å². The zero-order valence-corrected chi connectivity index (χ0v) is 11.1. The maximum absolute atomic E-state index is 11.9. The summed E-state index contributed by atoms with van der Waals surface area (Å²) >= 11 is 0. The summed E-state index contributed by atoms with van der Waals surface area (Å²) in [5, 5.41) is 13.5. The van der Waals surface area contributed by atoms with Gasteiger partial charge < -0.3 is 10.2 Å². The number of rotatable bonds is 8. The van der Waals surface area contributed by atoms with Gasteiger partial charge in [-0.05, 0) is 6.07 Å². The van der Waals surface area contributed by atoms with Crippen molar-refractivity contribution in [1.82, 2.24) is 4.90 Å². The number of carbonyl (C=O) groups is 1. The number of benzene rings is 1. The molecule has 1 amide bonds. The van der Waals surface area contributed by atoms with E-state index in [9.17, 15) is 14.9 Å². The highest BCUT2D eigenvalue weighted by atomic mass is 16.6. The highest BCUT2D eigenvalue weighted by Gasteiger charge is 2.11. The van der Waals surface area contributed by atoms with Crippen LogP contribution in [0.15, 0.2) is 49.6 Å². The van der Waals surface area contributed by atoms with E-state index >= 15 is 0 Å². The minimum absolute atomic E-state index is 0.0171. The first kappa shape index (κ1) is 15.4. The number of carbonyl (C=O) groups excluding carboxylic acids is 1. The zero-order chi connectivity index (χ0) is 15.0. The van der Waals surface area contributed by atoms with Gasteiger partial charge in [-0.15, -0.1) is 13.2 Å². The molecule has 0 saturated heterocycles. The van der Waals surface area contributed by atoms with Crippen LogP contribution in [0.4, 0.5) is 11.4 Å². The Bertz CT molecular complexity index is 504. The van der Waals surface area contributed by atoms with Crippen molar-refractivity contribution < 1.29 is 9.72 Å². The van der Waals surface area contributed by atoms with Gasteiger partial charge in [0.15, 0.2) is 0 Å². The largest absolute Gasteiger partial charge is 0.376 e. The molecule has 0 aliphatic rings. The monoisotopic (exact) mass is 275 g/mol. The highest BCUT2D eigenvalue weighted by molar-refractivity contribution is 5.81. The standard InChI is InChI=1S/C14H17N3O3/c1-3-8-16(9-4-2)14(18)11-15-12-6-5-7-13(10-12)17(19)20/h3-7,10,15H,1-2,8-9,11H2. The Morgan fingerprint density at radius 3 is 2.55 bits per heavy atom. The summed E-state index contributed by atoms with van der Waals surface area (Å²) in [5.41, 5.74) is 0.515. The van der Waals surface area contributed by atoms with E-state index < -0.39 is 4.92 Å². The van der Waals surface area contributed by atoms with Crippen molar-refractivity contribution in [3.63, 3.8) is 0 Å². The number of non-ortho nitro benzene ring substituents is 1. The van der Waals surface area contributed by atoms with Crippen LogP contribution in [0.3, 0.4) is 0 Å². The van der Waals surface area contributed by atoms with Crippen molar-refractivity contribution >= 4 is 17.3 Å². The quantitative estimate of drug-likeness (QED) is 0.448. The Balaban J connectivity index is 2.63. The van der Waals surface area contributed by atoms with Crippen LogP contribution in [0, 0.1) is 10.1 Å². The lowest BCUT2D eigenvalue weighted by molar-refractivity contribution is -0.384. The Kier molecular flexibility index (Phi) is 5.96. The molecule has 20 heavy (non-hydrogen) atoms. The lowest BCUT2D eigenvalue weighted by atomic mass is 10.3. The predicted octanol–water partition coefficient (Wildman–Crippen LogP) is 2.21. The fourth-order valence-corrected chi connectivity index (χ4v) is 1.61. The minimum Gasteiger partial charge on any atom is -0.376 e. The fourth-order valence-electron chi connectivity index (χ4n) is 1.61. The van der Waals surface area contributed by atoms with Crippen molar-refractivity contribution in [3.05, 3.63) is 59.7 Å². The Hall–Kier alpha value is -2.63. The summed E-state index contributed by atoms with van der Waals surface area (Å²) in [6, 6.07) is 6.02. The second-order valence-corrected chi connectivity index (χ2v) is 4.04. The molecule has 0 saturated carbocycles. The number of nitrogens with zero attached hydrogens (tertiary/aromatic N) is 2. The van der Waals surface area contributed by atoms with E-state index in [1.165, 1.54) is 12.1 Å². The smallest absolute Gasteiger partial charge is 0.271 e. The molecule has 0 fully saturated rings. The molecule has 0 atom stereocenters. The van der Waals surface area contributed by atoms with E-state index in [4.69, 9.17) is 0 Å². The Morgan fingerprint density at radius 2 is 2.00 bits per heavy atom. The van der Waals surface area contributed by atoms with Crippen molar-refractivity contribution in [3.8, 4) is 0 Å². The van der Waals surface area contributed by atoms with Gasteiger partial charge in [-0.1, -0.05) is 18.2 Å². The number of hydrogen-bond donors (Lipinski definition) is 1. The number of nitro benzene ring substituents is 1. The first-order valence-electron chi connectivity index (χ1n) is 6.06. The number of nitrogens with one attached hydrogen (secondary N) is 1. The van der Waals surface area contributed by atoms with E-state index in [-0.39, 0.29) is 18.1 Å². The average Bonchev–Trinajstić information content (AvgIpc) is 2.45. The molecule has 0 aliphatic heterocycles. The molecule has 1 N–H and O–H groups in total. The van der Waals surface area contributed by atoms with Crippen molar-refractivity contribution in [2.75, 3.05) is 25.0 Å². The lowest BCUT2D eigenvalue weighted by Gasteiger charge is -2.19. The van der Waals surface area contributed by atoms with Crippen LogP contribution in [0.25, 0.3) is 0 Å². The predicted molar refractivity (Wildman–Crippen MR) is 78.6 cm³/mol. The molecule has 6 heteroatoms. The van der Waals surface area contributed by atoms with Crippen molar-refractivity contribution in [2.24, 2.45) is 0 Å². The van der Waals surface area contributed by atoms with Crippen LogP contribution in [0.1, 0.15) is 0 Å². The third-order valence-electron chi connectivity index (χ3n) is 2.55. The number of amides is 1. The zero-order valence-electron chi connectivity index (χ0n) is 11.1. The molecule has 6 nitrogen and oxygen atoms in total. The van der Waals surface area contributed by atoms with Crippen LogP contribution < -0.4 is 5.32 Å². The van der Waals surface area contributed by atoms with E-state index in [1.807, 2.05) is 0 Å². The second kappa shape index (κ2) is 7.73. The number of nitro groups is 1. The van der Waals surface area contributed by atoms with Gasteiger partial charge in [-0.3, -0.25) is 14.9 Å². The maximum Gasteiger partial charge on any atom is 0.271 e. The molecule has 1 aromatic rings. The molecule has 0 radical (unpaired) electrons.